The molecule has 0 amide bonds. The first-order chi connectivity index (χ1) is 16.5. The van der Waals surface area contributed by atoms with Gasteiger partial charge in [-0.15, -0.1) is 0 Å². The molecule has 2 N–H and O–H groups in total. The molecule has 34 heavy (non-hydrogen) atoms. The normalized spacial score (nSPS) is 11.0. The quantitative estimate of drug-likeness (QED) is 0.280. The second-order valence-electron chi connectivity index (χ2n) is 7.56. The Hall–Kier alpha value is -3.81. The Balaban J connectivity index is 1.85. The van der Waals surface area contributed by atoms with Gasteiger partial charge in [0.25, 0.3) is 0 Å². The van der Waals surface area contributed by atoms with E-state index in [4.69, 9.17) is 39.3 Å². The van der Waals surface area contributed by atoms with Crippen LogP contribution in [0.25, 0.3) is 39.1 Å². The molecule has 0 saturated heterocycles. The number of hydrogen-bond acceptors (Lipinski definition) is 5. The molecule has 0 bridgehead atoms. The molecule has 0 spiro atoms. The van der Waals surface area contributed by atoms with Crippen LogP contribution in [0.3, 0.4) is 0 Å². The van der Waals surface area contributed by atoms with E-state index in [-0.39, 0.29) is 16.3 Å². The maximum Gasteiger partial charge on any atom is 0.207 e. The van der Waals surface area contributed by atoms with Crippen molar-refractivity contribution in [2.75, 3.05) is 12.8 Å². The van der Waals surface area contributed by atoms with Gasteiger partial charge in [0, 0.05) is 10.6 Å². The van der Waals surface area contributed by atoms with Crippen LogP contribution in [0.5, 0.6) is 5.75 Å². The lowest BCUT2D eigenvalue weighted by molar-refractivity contribution is 0.415. The Morgan fingerprint density at radius 1 is 0.941 bits per heavy atom. The van der Waals surface area contributed by atoms with Crippen molar-refractivity contribution < 1.29 is 9.13 Å². The fourth-order valence-electron chi connectivity index (χ4n) is 3.85. The van der Waals surface area contributed by atoms with Crippen LogP contribution < -0.4 is 10.5 Å². The maximum atomic E-state index is 14.7. The zero-order chi connectivity index (χ0) is 23.8. The van der Waals surface area contributed by atoms with Crippen molar-refractivity contribution in [2.24, 2.45) is 0 Å². The van der Waals surface area contributed by atoms with Crippen molar-refractivity contribution in [3.05, 3.63) is 94.5 Å². The van der Waals surface area contributed by atoms with E-state index in [9.17, 15) is 4.39 Å². The molecule has 0 aliphatic heterocycles. The summed E-state index contributed by atoms with van der Waals surface area (Å²) < 4.78 is 21.5. The lowest BCUT2D eigenvalue weighted by Gasteiger charge is -2.17. The van der Waals surface area contributed by atoms with Gasteiger partial charge in [0.1, 0.15) is 17.4 Å². The zero-order valence-electron chi connectivity index (χ0n) is 18.0. The van der Waals surface area contributed by atoms with Crippen LogP contribution in [0, 0.1) is 10.6 Å². The predicted molar refractivity (Wildman–Crippen MR) is 137 cm³/mol. The third-order valence-electron chi connectivity index (χ3n) is 5.52. The van der Waals surface area contributed by atoms with Crippen molar-refractivity contribution in [2.45, 2.75) is 0 Å². The predicted octanol–water partition coefficient (Wildman–Crippen LogP) is 6.87. The molecule has 3 aromatic carbocycles. The first-order valence-electron chi connectivity index (χ1n) is 10.3. The van der Waals surface area contributed by atoms with E-state index in [1.165, 1.54) is 10.6 Å². The summed E-state index contributed by atoms with van der Waals surface area (Å²) in [5.74, 6) is 0.518. The van der Waals surface area contributed by atoms with E-state index in [1.807, 2.05) is 42.5 Å². The number of pyridine rings is 1. The molecule has 0 unspecified atom stereocenters. The van der Waals surface area contributed by atoms with Crippen LogP contribution in [0.1, 0.15) is 0 Å². The molecule has 5 rings (SSSR count). The van der Waals surface area contributed by atoms with Crippen molar-refractivity contribution in [1.29, 1.82) is 0 Å². The van der Waals surface area contributed by atoms with Crippen LogP contribution in [0.15, 0.2) is 78.9 Å². The number of fused-ring (bicyclic) bond motifs is 1. The highest BCUT2D eigenvalue weighted by atomic mass is 35.5. The molecule has 0 aliphatic carbocycles. The number of halogens is 2. The highest BCUT2D eigenvalue weighted by Gasteiger charge is 2.18. The SMILES string of the molecule is COc1ccc(-c2cc(-c3ccc(Cl)cc3)nc3nc(=S)n(-c4ccccc4F)c(N)c23)cc1. The molecule has 0 radical (unpaired) electrons. The molecule has 0 fully saturated rings. The van der Waals surface area contributed by atoms with Gasteiger partial charge in [0.2, 0.25) is 4.77 Å². The number of aromatic nitrogens is 3. The van der Waals surface area contributed by atoms with Crippen molar-refractivity contribution in [3.63, 3.8) is 0 Å². The summed E-state index contributed by atoms with van der Waals surface area (Å²) in [4.78, 5) is 9.29. The minimum absolute atomic E-state index is 0.108. The van der Waals surface area contributed by atoms with Gasteiger partial charge in [-0.3, -0.25) is 4.57 Å². The number of hydrogen-bond donors (Lipinski definition) is 1. The van der Waals surface area contributed by atoms with E-state index in [0.717, 1.165) is 22.4 Å². The number of para-hydroxylation sites is 1. The van der Waals surface area contributed by atoms with Gasteiger partial charge in [0.05, 0.1) is 23.9 Å². The first kappa shape index (κ1) is 22.0. The summed E-state index contributed by atoms with van der Waals surface area (Å²) in [6.45, 7) is 0. The number of methoxy groups -OCH3 is 1. The summed E-state index contributed by atoms with van der Waals surface area (Å²) in [5.41, 5.74) is 10.4. The number of nitrogens with two attached hydrogens (primary N) is 1. The fourth-order valence-corrected chi connectivity index (χ4v) is 4.26. The summed E-state index contributed by atoms with van der Waals surface area (Å²) in [6, 6.07) is 23.2. The highest BCUT2D eigenvalue weighted by molar-refractivity contribution is 7.71. The van der Waals surface area contributed by atoms with E-state index in [2.05, 4.69) is 4.98 Å². The van der Waals surface area contributed by atoms with E-state index >= 15 is 0 Å². The molecule has 0 saturated carbocycles. The summed E-state index contributed by atoms with van der Waals surface area (Å²) >= 11 is 11.6. The summed E-state index contributed by atoms with van der Waals surface area (Å²) in [6.07, 6.45) is 0. The highest BCUT2D eigenvalue weighted by Crippen LogP contribution is 2.36. The molecule has 0 aliphatic rings. The number of ether oxygens (including phenoxy) is 1. The molecule has 8 heteroatoms. The Labute approximate surface area is 205 Å². The maximum absolute atomic E-state index is 14.7. The van der Waals surface area contributed by atoms with Crippen molar-refractivity contribution in [1.82, 2.24) is 14.5 Å². The molecule has 5 nitrogen and oxygen atoms in total. The third kappa shape index (κ3) is 3.89. The second-order valence-corrected chi connectivity index (χ2v) is 8.36. The van der Waals surface area contributed by atoms with Crippen molar-refractivity contribution in [3.8, 4) is 33.8 Å². The Kier molecular flexibility index (Phi) is 5.73. The van der Waals surface area contributed by atoms with Gasteiger partial charge in [-0.1, -0.05) is 48.0 Å². The second kappa shape index (κ2) is 8.85. The average molecular weight is 489 g/mol. The largest absolute Gasteiger partial charge is 0.497 e. The zero-order valence-corrected chi connectivity index (χ0v) is 19.6. The van der Waals surface area contributed by atoms with Crippen LogP contribution in [-0.2, 0) is 0 Å². The first-order valence-corrected chi connectivity index (χ1v) is 11.1. The lowest BCUT2D eigenvalue weighted by Crippen LogP contribution is -2.10. The van der Waals surface area contributed by atoms with Gasteiger partial charge in [-0.05, 0) is 65.8 Å². The molecule has 5 aromatic rings. The lowest BCUT2D eigenvalue weighted by atomic mass is 9.99. The molecule has 0 atom stereocenters. The van der Waals surface area contributed by atoms with Gasteiger partial charge in [-0.2, -0.15) is 4.98 Å². The topological polar surface area (TPSA) is 66.0 Å². The number of benzene rings is 3. The number of nitrogen functional groups attached to an aromatic ring is 1. The molecule has 2 aromatic heterocycles. The van der Waals surface area contributed by atoms with Gasteiger partial charge >= 0.3 is 0 Å². The summed E-state index contributed by atoms with van der Waals surface area (Å²) in [5, 5.41) is 1.20. The van der Waals surface area contributed by atoms with Crippen LogP contribution >= 0.6 is 23.8 Å². The van der Waals surface area contributed by atoms with Gasteiger partial charge < -0.3 is 10.5 Å². The number of anilines is 1. The Morgan fingerprint density at radius 3 is 2.29 bits per heavy atom. The van der Waals surface area contributed by atoms with Crippen LogP contribution in [0.4, 0.5) is 10.2 Å². The minimum atomic E-state index is -0.455. The van der Waals surface area contributed by atoms with Gasteiger partial charge in [-0.25, -0.2) is 9.37 Å². The van der Waals surface area contributed by atoms with E-state index < -0.39 is 5.82 Å². The Bertz CT molecular complexity index is 1580. The number of nitrogens with zero attached hydrogens (tertiary/aromatic N) is 3. The molecule has 168 valence electrons. The fraction of sp³-hybridized carbons (Fsp3) is 0.0385. The standard InChI is InChI=1S/C26H18ClFN4OS/c1-33-18-12-8-15(9-13-18)19-14-21(16-6-10-17(27)11-7-16)30-25-23(19)24(29)32(26(34)31-25)22-5-3-2-4-20(22)28/h2-14H,29H2,1H3. The molecular weight excluding hydrogens is 471 g/mol. The third-order valence-corrected chi connectivity index (χ3v) is 6.05. The van der Waals surface area contributed by atoms with Crippen LogP contribution in [0.2, 0.25) is 5.02 Å². The van der Waals surface area contributed by atoms with E-state index in [1.54, 1.807) is 37.4 Å². The van der Waals surface area contributed by atoms with Gasteiger partial charge in [0.15, 0.2) is 5.65 Å². The van der Waals surface area contributed by atoms with Crippen LogP contribution in [-0.4, -0.2) is 21.6 Å². The molecule has 2 heterocycles. The van der Waals surface area contributed by atoms with E-state index in [0.29, 0.717) is 21.7 Å². The van der Waals surface area contributed by atoms with Crippen molar-refractivity contribution >= 4 is 40.7 Å². The smallest absolute Gasteiger partial charge is 0.207 e. The average Bonchev–Trinajstić information content (AvgIpc) is 2.85. The summed E-state index contributed by atoms with van der Waals surface area (Å²) in [7, 11) is 1.61. The Morgan fingerprint density at radius 2 is 1.62 bits per heavy atom. The number of rotatable bonds is 4. The molecular formula is C26H18ClFN4OS. The minimum Gasteiger partial charge on any atom is -0.497 e. The monoisotopic (exact) mass is 488 g/mol.